The minimum absolute atomic E-state index is 0.0497. The van der Waals surface area contributed by atoms with Crippen LogP contribution in [0.1, 0.15) is 17.2 Å². The number of hydrogen-bond donors (Lipinski definition) is 0. The van der Waals surface area contributed by atoms with Gasteiger partial charge in [-0.25, -0.2) is 4.98 Å². The van der Waals surface area contributed by atoms with Gasteiger partial charge in [0.05, 0.1) is 12.4 Å². The van der Waals surface area contributed by atoms with Crippen molar-refractivity contribution in [2.24, 2.45) is 7.05 Å². The molecule has 5 aromatic rings. The van der Waals surface area contributed by atoms with E-state index in [1.165, 1.54) is 33.4 Å². The van der Waals surface area contributed by atoms with Crippen LogP contribution in [0.5, 0.6) is 0 Å². The largest absolute Gasteiger partial charge is 0.356 e. The molecule has 0 fully saturated rings. The number of rotatable bonds is 5. The van der Waals surface area contributed by atoms with E-state index >= 15 is 0 Å². The second-order valence-electron chi connectivity index (χ2n) is 7.56. The highest BCUT2D eigenvalue weighted by Gasteiger charge is 2.21. The van der Waals surface area contributed by atoms with E-state index in [1.54, 1.807) is 0 Å². The van der Waals surface area contributed by atoms with E-state index in [1.807, 2.05) is 24.8 Å². The van der Waals surface area contributed by atoms with Crippen molar-refractivity contribution in [3.63, 3.8) is 0 Å². The highest BCUT2D eigenvalue weighted by Crippen LogP contribution is 2.36. The first kappa shape index (κ1) is 18.2. The Balaban J connectivity index is 1.62. The summed E-state index contributed by atoms with van der Waals surface area (Å²) in [5.41, 5.74) is 7.40. The molecule has 1 atom stereocenters. The molecule has 146 valence electrons. The molecule has 0 amide bonds. The van der Waals surface area contributed by atoms with Gasteiger partial charge in [0.15, 0.2) is 0 Å². The number of imidazole rings is 1. The van der Waals surface area contributed by atoms with Crippen LogP contribution in [0.3, 0.4) is 0 Å². The van der Waals surface area contributed by atoms with Gasteiger partial charge in [-0.2, -0.15) is 0 Å². The maximum atomic E-state index is 4.32. The van der Waals surface area contributed by atoms with Crippen molar-refractivity contribution in [1.82, 2.24) is 14.1 Å². The van der Waals surface area contributed by atoms with E-state index in [0.717, 1.165) is 0 Å². The van der Waals surface area contributed by atoms with Gasteiger partial charge in [-0.15, -0.1) is 0 Å². The number of nitrogens with zero attached hydrogens (tertiary/aromatic N) is 3. The lowest BCUT2D eigenvalue weighted by molar-refractivity contribution is 0.676. The third kappa shape index (κ3) is 3.46. The first-order chi connectivity index (χ1) is 14.8. The zero-order chi connectivity index (χ0) is 20.3. The maximum Gasteiger partial charge on any atom is 0.0954 e. The summed E-state index contributed by atoms with van der Waals surface area (Å²) in [6.07, 6.45) is 10.2. The minimum atomic E-state index is 0.0497. The molecule has 2 aromatic heterocycles. The molecule has 0 saturated carbocycles. The molecular formula is C27H23N3. The van der Waals surface area contributed by atoms with Crippen molar-refractivity contribution >= 4 is 0 Å². The number of benzene rings is 3. The first-order valence-corrected chi connectivity index (χ1v) is 10.1. The van der Waals surface area contributed by atoms with Crippen LogP contribution in [0.15, 0.2) is 116 Å². The van der Waals surface area contributed by atoms with Crippen molar-refractivity contribution in [3.05, 3.63) is 127 Å². The van der Waals surface area contributed by atoms with E-state index in [4.69, 9.17) is 0 Å². The van der Waals surface area contributed by atoms with Crippen LogP contribution in [0.2, 0.25) is 0 Å². The number of hydrogen-bond acceptors (Lipinski definition) is 1. The van der Waals surface area contributed by atoms with Gasteiger partial charge in [-0.1, -0.05) is 84.9 Å². The Morgan fingerprint density at radius 2 is 1.33 bits per heavy atom. The van der Waals surface area contributed by atoms with E-state index in [9.17, 15) is 0 Å². The molecule has 1 unspecified atom stereocenters. The Morgan fingerprint density at radius 3 is 1.97 bits per heavy atom. The Morgan fingerprint density at radius 1 is 0.700 bits per heavy atom. The van der Waals surface area contributed by atoms with Crippen LogP contribution >= 0.6 is 0 Å². The molecule has 0 saturated heterocycles. The van der Waals surface area contributed by atoms with E-state index in [-0.39, 0.29) is 6.04 Å². The minimum Gasteiger partial charge on any atom is -0.356 e. The lowest BCUT2D eigenvalue weighted by Gasteiger charge is -2.21. The van der Waals surface area contributed by atoms with Crippen molar-refractivity contribution in [1.29, 1.82) is 0 Å². The van der Waals surface area contributed by atoms with Crippen LogP contribution in [0, 0.1) is 0 Å². The summed E-state index contributed by atoms with van der Waals surface area (Å²) in [6, 6.07) is 30.0. The highest BCUT2D eigenvalue weighted by atomic mass is 15.1. The predicted molar refractivity (Wildman–Crippen MR) is 122 cm³/mol. The van der Waals surface area contributed by atoms with Crippen LogP contribution in [-0.4, -0.2) is 14.1 Å². The summed E-state index contributed by atoms with van der Waals surface area (Å²) >= 11 is 0. The lowest BCUT2D eigenvalue weighted by atomic mass is 9.93. The third-order valence-electron chi connectivity index (χ3n) is 5.52. The first-order valence-electron chi connectivity index (χ1n) is 10.1. The van der Waals surface area contributed by atoms with E-state index in [2.05, 4.69) is 112 Å². The van der Waals surface area contributed by atoms with Crippen molar-refractivity contribution in [3.8, 4) is 22.3 Å². The maximum absolute atomic E-state index is 4.32. The second-order valence-corrected chi connectivity index (χ2v) is 7.56. The zero-order valence-electron chi connectivity index (χ0n) is 16.9. The smallest absolute Gasteiger partial charge is 0.0954 e. The Bertz CT molecular complexity index is 1220. The Hall–Kier alpha value is -3.85. The summed E-state index contributed by atoms with van der Waals surface area (Å²) in [6.45, 7) is 0. The molecule has 5 rings (SSSR count). The Labute approximate surface area is 176 Å². The van der Waals surface area contributed by atoms with Crippen LogP contribution in [0.4, 0.5) is 0 Å². The van der Waals surface area contributed by atoms with Crippen molar-refractivity contribution in [2.75, 3.05) is 0 Å². The highest BCUT2D eigenvalue weighted by molar-refractivity contribution is 5.69. The summed E-state index contributed by atoms with van der Waals surface area (Å²) in [7, 11) is 2.08. The molecule has 0 aliphatic heterocycles. The lowest BCUT2D eigenvalue weighted by Crippen LogP contribution is -2.11. The number of aromatic nitrogens is 3. The molecule has 0 radical (unpaired) electrons. The molecular weight excluding hydrogens is 366 g/mol. The van der Waals surface area contributed by atoms with Gasteiger partial charge in [-0.3, -0.25) is 0 Å². The number of aryl methyl sites for hydroxylation is 1. The third-order valence-corrected chi connectivity index (χ3v) is 5.52. The summed E-state index contributed by atoms with van der Waals surface area (Å²) < 4.78 is 4.32. The molecule has 3 aromatic carbocycles. The average molecular weight is 390 g/mol. The van der Waals surface area contributed by atoms with Gasteiger partial charge in [0.25, 0.3) is 0 Å². The SMILES string of the molecule is Cn1cc(-c2ccccc2)c(C(c2ccc(-c3ccccc3)cc2)n2ccnc2)c1. The fraction of sp³-hybridized carbons (Fsp3) is 0.0741. The van der Waals surface area contributed by atoms with Crippen LogP contribution < -0.4 is 0 Å². The quantitative estimate of drug-likeness (QED) is 0.351. The summed E-state index contributed by atoms with van der Waals surface area (Å²) in [4.78, 5) is 4.32. The predicted octanol–water partition coefficient (Wildman–Crippen LogP) is 6.19. The molecule has 0 spiro atoms. The molecule has 3 nitrogen and oxygen atoms in total. The molecule has 0 aliphatic rings. The van der Waals surface area contributed by atoms with Crippen molar-refractivity contribution in [2.45, 2.75) is 6.04 Å². The average Bonchev–Trinajstić information content (AvgIpc) is 3.46. The van der Waals surface area contributed by atoms with Gasteiger partial charge in [-0.05, 0) is 22.3 Å². The van der Waals surface area contributed by atoms with Gasteiger partial charge in [0, 0.05) is 43.0 Å². The standard InChI is InChI=1S/C27H23N3/c1-29-18-25(23-10-6-3-7-11-23)26(19-29)27(30-17-16-28-20-30)24-14-12-22(13-15-24)21-8-4-2-5-9-21/h2-20,27H,1H3. The van der Waals surface area contributed by atoms with Gasteiger partial charge < -0.3 is 9.13 Å². The molecule has 0 bridgehead atoms. The van der Waals surface area contributed by atoms with Gasteiger partial charge in [0.2, 0.25) is 0 Å². The topological polar surface area (TPSA) is 22.8 Å². The normalized spacial score (nSPS) is 12.0. The van der Waals surface area contributed by atoms with Gasteiger partial charge >= 0.3 is 0 Å². The molecule has 30 heavy (non-hydrogen) atoms. The van der Waals surface area contributed by atoms with Gasteiger partial charge in [0.1, 0.15) is 0 Å². The van der Waals surface area contributed by atoms with E-state index in [0.29, 0.717) is 0 Å². The summed E-state index contributed by atoms with van der Waals surface area (Å²) in [5, 5.41) is 0. The second kappa shape index (κ2) is 7.88. The molecule has 2 heterocycles. The van der Waals surface area contributed by atoms with Crippen LogP contribution in [0.25, 0.3) is 22.3 Å². The van der Waals surface area contributed by atoms with Crippen LogP contribution in [-0.2, 0) is 7.05 Å². The molecule has 3 heteroatoms. The molecule has 0 N–H and O–H groups in total. The fourth-order valence-electron chi connectivity index (χ4n) is 4.10. The van der Waals surface area contributed by atoms with Crippen molar-refractivity contribution < 1.29 is 0 Å². The summed E-state index contributed by atoms with van der Waals surface area (Å²) in [5.74, 6) is 0. The van der Waals surface area contributed by atoms with E-state index < -0.39 is 0 Å². The Kier molecular flexibility index (Phi) is 4.78. The monoisotopic (exact) mass is 389 g/mol. The fourth-order valence-corrected chi connectivity index (χ4v) is 4.10. The molecule has 0 aliphatic carbocycles. The zero-order valence-corrected chi connectivity index (χ0v) is 16.9.